The molecule has 19 nitrogen and oxygen atoms in total. The van der Waals surface area contributed by atoms with Crippen LogP contribution in [0.15, 0.2) is 85.1 Å². The second kappa shape index (κ2) is 33.6. The third-order valence-corrected chi connectivity index (χ3v) is 14.1. The summed E-state index contributed by atoms with van der Waals surface area (Å²) < 4.78 is 43.3. The number of amides is 3. The number of piperidine rings is 1. The van der Waals surface area contributed by atoms with Gasteiger partial charge in [0.1, 0.15) is 6.61 Å². The topological polar surface area (TPSA) is 195 Å². The zero-order valence-electron chi connectivity index (χ0n) is 45.9. The van der Waals surface area contributed by atoms with Gasteiger partial charge in [0, 0.05) is 99.8 Å². The first-order valence-corrected chi connectivity index (χ1v) is 27.9. The standard InChI is InChI=1S/C59H83N7O12/c1-63(25-26-64-21-10-24-66(28-27-64)59(70)78-42-41-77-40-39-76-38-37-75-36-35-74-34-33-73-32-31-72-30-29-71-2)58(69)49-14-8-13-47(43-49)56(67)62-54-18-17-50(65-22-6-3-7-23-65)45-52(54)55-44-48(19-20-60-55)57(68)61-53-16-9-12-46-11-4-5-15-51(46)53/h4-5,8,11,13-15,17-20,43-45,53,56,62,67H,3,6-7,9-10,12,16,21-42H2,1-2H3,(H,61,68). The van der Waals surface area contributed by atoms with Gasteiger partial charge >= 0.3 is 6.09 Å². The van der Waals surface area contributed by atoms with E-state index in [-0.39, 0.29) is 37.2 Å². The van der Waals surface area contributed by atoms with Crippen molar-refractivity contribution in [3.63, 3.8) is 0 Å². The fourth-order valence-corrected chi connectivity index (χ4v) is 9.77. The number of ether oxygens (including phenoxy) is 8. The quantitative estimate of drug-likeness (QED) is 0.0349. The lowest BCUT2D eigenvalue weighted by Crippen LogP contribution is -2.39. The number of anilines is 2. The molecule has 2 fully saturated rings. The molecule has 19 heteroatoms. The number of pyridine rings is 1. The van der Waals surface area contributed by atoms with Crippen molar-refractivity contribution in [2.45, 2.75) is 57.2 Å². The third kappa shape index (κ3) is 19.6. The van der Waals surface area contributed by atoms with Crippen molar-refractivity contribution in [3.05, 3.63) is 113 Å². The van der Waals surface area contributed by atoms with E-state index in [1.165, 1.54) is 17.5 Å². The van der Waals surface area contributed by atoms with Crippen molar-refractivity contribution in [2.75, 3.05) is 169 Å². The number of nitrogens with zero attached hydrogens (tertiary/aromatic N) is 5. The van der Waals surface area contributed by atoms with E-state index in [9.17, 15) is 19.5 Å². The molecule has 3 amide bonds. The molecule has 426 valence electrons. The van der Waals surface area contributed by atoms with Gasteiger partial charge < -0.3 is 68.3 Å². The zero-order valence-corrected chi connectivity index (χ0v) is 45.9. The highest BCUT2D eigenvalue weighted by molar-refractivity contribution is 5.96. The second-order valence-corrected chi connectivity index (χ2v) is 19.7. The minimum atomic E-state index is -1.16. The Kier molecular flexibility index (Phi) is 25.8. The van der Waals surface area contributed by atoms with Gasteiger partial charge in [-0.05, 0) is 105 Å². The highest BCUT2D eigenvalue weighted by Gasteiger charge is 2.25. The van der Waals surface area contributed by atoms with Crippen molar-refractivity contribution < 1.29 is 57.4 Å². The predicted molar refractivity (Wildman–Crippen MR) is 298 cm³/mol. The van der Waals surface area contributed by atoms with Crippen molar-refractivity contribution in [1.82, 2.24) is 25.0 Å². The first-order chi connectivity index (χ1) is 38.3. The minimum Gasteiger partial charge on any atom is -0.447 e. The molecule has 3 heterocycles. The highest BCUT2D eigenvalue weighted by Crippen LogP contribution is 2.35. The van der Waals surface area contributed by atoms with Gasteiger partial charge in [-0.25, -0.2) is 4.79 Å². The van der Waals surface area contributed by atoms with Crippen LogP contribution in [0.25, 0.3) is 11.3 Å². The molecule has 2 aliphatic heterocycles. The molecule has 0 saturated carbocycles. The first kappa shape index (κ1) is 59.9. The fourth-order valence-electron chi connectivity index (χ4n) is 9.77. The number of aryl methyl sites for hydroxylation is 1. The Balaban J connectivity index is 0.803. The number of aliphatic hydroxyl groups excluding tert-OH is 1. The average Bonchev–Trinajstić information content (AvgIpc) is 3.80. The summed E-state index contributed by atoms with van der Waals surface area (Å²) in [6, 6.07) is 25.0. The number of carbonyl (C=O) groups is 3. The Morgan fingerprint density at radius 3 is 2.06 bits per heavy atom. The van der Waals surface area contributed by atoms with Crippen molar-refractivity contribution in [1.29, 1.82) is 0 Å². The van der Waals surface area contributed by atoms with Crippen LogP contribution < -0.4 is 15.5 Å². The molecule has 4 aromatic rings. The minimum absolute atomic E-state index is 0.0601. The first-order valence-electron chi connectivity index (χ1n) is 27.9. The molecule has 3 aliphatic rings. The molecule has 1 aromatic heterocycles. The molecule has 0 bridgehead atoms. The van der Waals surface area contributed by atoms with Crippen molar-refractivity contribution in [2.24, 2.45) is 0 Å². The van der Waals surface area contributed by atoms with Crippen LogP contribution in [0.2, 0.25) is 0 Å². The van der Waals surface area contributed by atoms with Crippen LogP contribution in [0, 0.1) is 0 Å². The number of nitrogens with one attached hydrogen (secondary N) is 2. The van der Waals surface area contributed by atoms with Crippen LogP contribution in [-0.2, 0) is 44.3 Å². The van der Waals surface area contributed by atoms with Crippen LogP contribution in [0.4, 0.5) is 16.2 Å². The van der Waals surface area contributed by atoms with Crippen LogP contribution in [0.3, 0.4) is 0 Å². The van der Waals surface area contributed by atoms with Gasteiger partial charge in [-0.1, -0.05) is 36.4 Å². The molecule has 0 radical (unpaired) electrons. The Morgan fingerprint density at radius 2 is 1.36 bits per heavy atom. The number of likely N-dealkylation sites (N-methyl/N-ethyl adjacent to an activating group) is 1. The van der Waals surface area contributed by atoms with Gasteiger partial charge in [0.25, 0.3) is 11.8 Å². The van der Waals surface area contributed by atoms with E-state index < -0.39 is 6.23 Å². The smallest absolute Gasteiger partial charge is 0.409 e. The summed E-state index contributed by atoms with van der Waals surface area (Å²) in [7, 11) is 3.42. The lowest BCUT2D eigenvalue weighted by molar-refractivity contribution is -0.0209. The molecular formula is C59H83N7O12. The van der Waals surface area contributed by atoms with Gasteiger partial charge in [-0.3, -0.25) is 19.5 Å². The van der Waals surface area contributed by atoms with Gasteiger partial charge in [0.15, 0.2) is 6.23 Å². The monoisotopic (exact) mass is 1080 g/mol. The van der Waals surface area contributed by atoms with Gasteiger partial charge in [-0.2, -0.15) is 0 Å². The van der Waals surface area contributed by atoms with Gasteiger partial charge in [0.2, 0.25) is 0 Å². The Labute approximate surface area is 460 Å². The molecule has 2 atom stereocenters. The molecule has 2 unspecified atom stereocenters. The van der Waals surface area contributed by atoms with Crippen LogP contribution >= 0.6 is 0 Å². The molecule has 7 rings (SSSR count). The zero-order chi connectivity index (χ0) is 54.6. The van der Waals surface area contributed by atoms with Crippen molar-refractivity contribution >= 4 is 29.3 Å². The maximum Gasteiger partial charge on any atom is 0.409 e. The molecule has 78 heavy (non-hydrogen) atoms. The summed E-state index contributed by atoms with van der Waals surface area (Å²) in [6.07, 6.45) is 7.27. The normalized spacial score (nSPS) is 16.3. The Bertz CT molecular complexity index is 2430. The number of fused-ring (bicyclic) bond motifs is 1. The number of methoxy groups -OCH3 is 1. The van der Waals surface area contributed by atoms with Gasteiger partial charge in [-0.15, -0.1) is 0 Å². The number of rotatable bonds is 32. The molecular weight excluding hydrogens is 999 g/mol. The second-order valence-electron chi connectivity index (χ2n) is 19.7. The lowest BCUT2D eigenvalue weighted by atomic mass is 9.87. The van der Waals surface area contributed by atoms with Gasteiger partial charge in [0.05, 0.1) is 97.6 Å². The summed E-state index contributed by atoms with van der Waals surface area (Å²) in [6.45, 7) is 11.8. The maximum atomic E-state index is 13.8. The lowest BCUT2D eigenvalue weighted by Gasteiger charge is -2.30. The number of aliphatic hydroxyl groups is 1. The maximum absolute atomic E-state index is 13.8. The Hall–Kier alpha value is -5.74. The molecule has 0 spiro atoms. The van der Waals surface area contributed by atoms with E-state index >= 15 is 0 Å². The summed E-state index contributed by atoms with van der Waals surface area (Å²) >= 11 is 0. The summed E-state index contributed by atoms with van der Waals surface area (Å²) in [5.74, 6) is -0.323. The van der Waals surface area contributed by atoms with E-state index in [0.29, 0.717) is 140 Å². The van der Waals surface area contributed by atoms with E-state index in [0.717, 1.165) is 69.4 Å². The SMILES string of the molecule is COCCOCCOCCOCCOCCOCCOCCOC(=O)N1CCCN(CCN(C)C(=O)c2cccc(C(O)Nc3ccc(N4CCCCC4)cc3-c3cc(C(=O)NC4CCCc5ccccc54)ccn3)c2)CC1. The number of carbonyl (C=O) groups excluding carboxylic acids is 3. The van der Waals surface area contributed by atoms with E-state index in [1.807, 2.05) is 18.2 Å². The summed E-state index contributed by atoms with van der Waals surface area (Å²) in [5.41, 5.74) is 7.01. The number of aromatic nitrogens is 1. The predicted octanol–water partition coefficient (Wildman–Crippen LogP) is 6.61. The fraction of sp³-hybridized carbons (Fsp3) is 0.559. The largest absolute Gasteiger partial charge is 0.447 e. The van der Waals surface area contributed by atoms with E-state index in [1.54, 1.807) is 60.5 Å². The number of hydrogen-bond acceptors (Lipinski definition) is 16. The van der Waals surface area contributed by atoms with Crippen LogP contribution in [0.1, 0.15) is 88.2 Å². The van der Waals surface area contributed by atoms with Crippen LogP contribution in [-0.4, -0.2) is 202 Å². The summed E-state index contributed by atoms with van der Waals surface area (Å²) in [5, 5.41) is 18.3. The number of benzene rings is 3. The highest BCUT2D eigenvalue weighted by atomic mass is 16.6. The van der Waals surface area contributed by atoms with Crippen LogP contribution in [0.5, 0.6) is 0 Å². The summed E-state index contributed by atoms with van der Waals surface area (Å²) in [4.78, 5) is 53.4. The molecule has 3 N–H and O–H groups in total. The van der Waals surface area contributed by atoms with E-state index in [2.05, 4.69) is 50.8 Å². The molecule has 2 saturated heterocycles. The van der Waals surface area contributed by atoms with Crippen molar-refractivity contribution in [3.8, 4) is 11.3 Å². The third-order valence-electron chi connectivity index (χ3n) is 14.1. The molecule has 3 aromatic carbocycles. The molecule has 1 aliphatic carbocycles. The average molecular weight is 1080 g/mol. The Morgan fingerprint density at radius 1 is 0.679 bits per heavy atom. The van der Waals surface area contributed by atoms with E-state index in [4.69, 9.17) is 42.9 Å². The number of hydrogen-bond donors (Lipinski definition) is 3.